The van der Waals surface area contributed by atoms with Crippen LogP contribution in [0.1, 0.15) is 37.8 Å². The van der Waals surface area contributed by atoms with E-state index in [1.165, 1.54) is 31.2 Å². The Morgan fingerprint density at radius 3 is 2.35 bits per heavy atom. The summed E-state index contributed by atoms with van der Waals surface area (Å²) in [5.74, 6) is -2.11. The Hall–Kier alpha value is -2.86. The molecule has 0 aliphatic carbocycles. The summed E-state index contributed by atoms with van der Waals surface area (Å²) in [6, 6.07) is 6.84. The fraction of sp³-hybridized carbons (Fsp3) is 0.417. The van der Waals surface area contributed by atoms with Gasteiger partial charge in [0.05, 0.1) is 22.5 Å². The zero-order valence-corrected chi connectivity index (χ0v) is 22.1. The van der Waals surface area contributed by atoms with Gasteiger partial charge in [-0.2, -0.15) is 13.2 Å². The first-order valence-electron chi connectivity index (χ1n) is 11.3. The molecule has 0 aromatic heterocycles. The highest BCUT2D eigenvalue weighted by Gasteiger charge is 2.35. The van der Waals surface area contributed by atoms with Gasteiger partial charge in [-0.3, -0.25) is 13.9 Å². The molecule has 1 atom stereocenters. The maximum absolute atomic E-state index is 14.4. The molecule has 7 nitrogen and oxygen atoms in total. The van der Waals surface area contributed by atoms with Gasteiger partial charge in [0.2, 0.25) is 21.8 Å². The zero-order valence-electron chi connectivity index (χ0n) is 20.5. The van der Waals surface area contributed by atoms with Crippen LogP contribution in [0.25, 0.3) is 0 Å². The number of halogens is 5. The van der Waals surface area contributed by atoms with E-state index >= 15 is 0 Å². The molecule has 0 aliphatic rings. The number of nitrogens with one attached hydrogen (secondary N) is 1. The molecule has 0 radical (unpaired) electrons. The minimum atomic E-state index is -4.87. The van der Waals surface area contributed by atoms with Crippen molar-refractivity contribution in [1.29, 1.82) is 0 Å². The average molecular weight is 566 g/mol. The number of hydrogen-bond acceptors (Lipinski definition) is 4. The fourth-order valence-corrected chi connectivity index (χ4v) is 4.49. The highest BCUT2D eigenvalue weighted by Crippen LogP contribution is 2.37. The smallest absolute Gasteiger partial charge is 0.354 e. The predicted octanol–water partition coefficient (Wildman–Crippen LogP) is 4.60. The van der Waals surface area contributed by atoms with Crippen LogP contribution in [0, 0.1) is 5.82 Å². The molecule has 13 heteroatoms. The molecule has 0 spiro atoms. The van der Waals surface area contributed by atoms with E-state index in [1.54, 1.807) is 0 Å². The molecule has 204 valence electrons. The molecule has 2 rings (SSSR count). The molecule has 0 fully saturated rings. The number of benzene rings is 2. The molecule has 2 aromatic carbocycles. The van der Waals surface area contributed by atoms with Crippen molar-refractivity contribution in [3.63, 3.8) is 0 Å². The molecule has 37 heavy (non-hydrogen) atoms. The number of rotatable bonds is 11. The van der Waals surface area contributed by atoms with Gasteiger partial charge in [-0.25, -0.2) is 12.8 Å². The summed E-state index contributed by atoms with van der Waals surface area (Å²) in [5, 5.41) is 2.02. The molecule has 0 heterocycles. The lowest BCUT2D eigenvalue weighted by Crippen LogP contribution is -2.51. The fourth-order valence-electron chi connectivity index (χ4n) is 3.43. The van der Waals surface area contributed by atoms with Crippen molar-refractivity contribution < 1.29 is 35.6 Å². The normalized spacial score (nSPS) is 12.6. The van der Waals surface area contributed by atoms with E-state index in [0.717, 1.165) is 29.7 Å². The van der Waals surface area contributed by atoms with E-state index in [0.29, 0.717) is 23.3 Å². The molecular formula is C24H28ClF4N3O4S. The number of carbonyl (C=O) groups excluding carboxylic acids is 2. The van der Waals surface area contributed by atoms with Gasteiger partial charge in [-0.15, -0.1) is 0 Å². The summed E-state index contributed by atoms with van der Waals surface area (Å²) in [7, 11) is -4.27. The van der Waals surface area contributed by atoms with Crippen LogP contribution in [0.2, 0.25) is 5.02 Å². The maximum atomic E-state index is 14.4. The molecular weight excluding hydrogens is 538 g/mol. The van der Waals surface area contributed by atoms with Crippen LogP contribution in [0.15, 0.2) is 42.5 Å². The Morgan fingerprint density at radius 1 is 1.14 bits per heavy atom. The van der Waals surface area contributed by atoms with Gasteiger partial charge in [0.15, 0.2) is 0 Å². The van der Waals surface area contributed by atoms with E-state index in [9.17, 15) is 35.6 Å². The van der Waals surface area contributed by atoms with Crippen LogP contribution in [-0.2, 0) is 32.3 Å². The number of amides is 2. The third kappa shape index (κ3) is 8.32. The SMILES string of the molecule is CCCCNC(=O)[C@H](C)N(Cc1ccccc1F)C(=O)CN(c1ccc(Cl)c(C(F)(F)F)c1)S(C)(=O)=O. The van der Waals surface area contributed by atoms with Gasteiger partial charge >= 0.3 is 6.18 Å². The van der Waals surface area contributed by atoms with Crippen molar-refractivity contribution in [2.45, 2.75) is 45.5 Å². The van der Waals surface area contributed by atoms with Gasteiger partial charge in [0.25, 0.3) is 0 Å². The van der Waals surface area contributed by atoms with Crippen LogP contribution >= 0.6 is 11.6 Å². The second-order valence-corrected chi connectivity index (χ2v) is 10.7. The monoisotopic (exact) mass is 565 g/mol. The highest BCUT2D eigenvalue weighted by atomic mass is 35.5. The molecule has 2 aromatic rings. The first-order valence-corrected chi connectivity index (χ1v) is 13.5. The van der Waals surface area contributed by atoms with Crippen molar-refractivity contribution >= 4 is 39.1 Å². The lowest BCUT2D eigenvalue weighted by molar-refractivity contribution is -0.139. The van der Waals surface area contributed by atoms with Gasteiger partial charge < -0.3 is 10.2 Å². The Morgan fingerprint density at radius 2 is 1.78 bits per heavy atom. The predicted molar refractivity (Wildman–Crippen MR) is 133 cm³/mol. The number of nitrogens with zero attached hydrogens (tertiary/aromatic N) is 2. The number of unbranched alkanes of at least 4 members (excludes halogenated alkanes) is 1. The molecule has 0 unspecified atom stereocenters. The molecule has 1 N–H and O–H groups in total. The molecule has 0 saturated carbocycles. The summed E-state index contributed by atoms with van der Waals surface area (Å²) in [6.07, 6.45) is -2.66. The van der Waals surface area contributed by atoms with Crippen LogP contribution < -0.4 is 9.62 Å². The van der Waals surface area contributed by atoms with Crippen LogP contribution in [0.3, 0.4) is 0 Å². The minimum absolute atomic E-state index is 0.0702. The van der Waals surface area contributed by atoms with E-state index in [4.69, 9.17) is 11.6 Å². The Balaban J connectivity index is 2.46. The van der Waals surface area contributed by atoms with Crippen LogP contribution in [0.4, 0.5) is 23.2 Å². The Bertz CT molecular complexity index is 1220. The summed E-state index contributed by atoms with van der Waals surface area (Å²) in [4.78, 5) is 27.1. The number of carbonyl (C=O) groups is 2. The quantitative estimate of drug-likeness (QED) is 0.319. The lowest BCUT2D eigenvalue weighted by atomic mass is 10.1. The number of sulfonamides is 1. The van der Waals surface area contributed by atoms with Crippen molar-refractivity contribution in [3.05, 3.63) is 64.4 Å². The number of hydrogen-bond donors (Lipinski definition) is 1. The Kier molecular flexibility index (Phi) is 10.3. The summed E-state index contributed by atoms with van der Waals surface area (Å²) >= 11 is 5.65. The molecule has 2 amide bonds. The maximum Gasteiger partial charge on any atom is 0.417 e. The van der Waals surface area contributed by atoms with Gasteiger partial charge in [-0.05, 0) is 37.6 Å². The van der Waals surface area contributed by atoms with Crippen LogP contribution in [-0.4, -0.2) is 50.5 Å². The van der Waals surface area contributed by atoms with Crippen molar-refractivity contribution in [1.82, 2.24) is 10.2 Å². The van der Waals surface area contributed by atoms with Crippen LogP contribution in [0.5, 0.6) is 0 Å². The van der Waals surface area contributed by atoms with E-state index < -0.39 is 62.7 Å². The highest BCUT2D eigenvalue weighted by molar-refractivity contribution is 7.92. The van der Waals surface area contributed by atoms with Crippen molar-refractivity contribution in [2.24, 2.45) is 0 Å². The average Bonchev–Trinajstić information content (AvgIpc) is 2.80. The van der Waals surface area contributed by atoms with Gasteiger partial charge in [0, 0.05) is 18.7 Å². The van der Waals surface area contributed by atoms with Crippen molar-refractivity contribution in [2.75, 3.05) is 23.7 Å². The third-order valence-electron chi connectivity index (χ3n) is 5.52. The zero-order chi connectivity index (χ0) is 28.0. The molecule has 0 aliphatic heterocycles. The van der Waals surface area contributed by atoms with Gasteiger partial charge in [-0.1, -0.05) is 43.1 Å². The Labute approximate surface area is 218 Å². The summed E-state index contributed by atoms with van der Waals surface area (Å²) in [6.45, 7) is 2.35. The minimum Gasteiger partial charge on any atom is -0.354 e. The topological polar surface area (TPSA) is 86.8 Å². The van der Waals surface area contributed by atoms with E-state index in [2.05, 4.69) is 5.32 Å². The first kappa shape index (κ1) is 30.4. The lowest BCUT2D eigenvalue weighted by Gasteiger charge is -2.31. The second-order valence-electron chi connectivity index (χ2n) is 8.37. The standard InChI is InChI=1S/C24H28ClF4N3O4S/c1-4-5-12-30-23(34)16(2)31(14-17-8-6-7-9-21(17)26)22(33)15-32(37(3,35)36)18-10-11-20(25)19(13-18)24(27,28)29/h6-11,13,16H,4-5,12,14-15H2,1-3H3,(H,30,34)/t16-/m0/s1. The largest absolute Gasteiger partial charge is 0.417 e. The number of alkyl halides is 3. The summed E-state index contributed by atoms with van der Waals surface area (Å²) in [5.41, 5.74) is -1.65. The van der Waals surface area contributed by atoms with Crippen molar-refractivity contribution in [3.8, 4) is 0 Å². The van der Waals surface area contributed by atoms with Gasteiger partial charge in [0.1, 0.15) is 18.4 Å². The van der Waals surface area contributed by atoms with E-state index in [-0.39, 0.29) is 12.1 Å². The number of anilines is 1. The van der Waals surface area contributed by atoms with E-state index in [1.807, 2.05) is 6.92 Å². The first-order chi connectivity index (χ1) is 17.2. The molecule has 0 saturated heterocycles. The summed E-state index contributed by atoms with van der Waals surface area (Å²) < 4.78 is 80.0. The molecule has 0 bridgehead atoms. The third-order valence-corrected chi connectivity index (χ3v) is 6.99. The second kappa shape index (κ2) is 12.6.